The fraction of sp³-hybridized carbons (Fsp3) is 0.333. The number of hydrogen-bond acceptors (Lipinski definition) is 0. The minimum atomic E-state index is -0.556. The maximum absolute atomic E-state index is 4.89. The third-order valence-electron chi connectivity index (χ3n) is 2.54. The zero-order valence-corrected chi connectivity index (χ0v) is 15.8. The quantitative estimate of drug-likeness (QED) is 0.390. The Morgan fingerprint density at radius 3 is 1.57 bits per heavy atom. The van der Waals surface area contributed by atoms with Crippen LogP contribution in [0.1, 0.15) is 39.5 Å². The van der Waals surface area contributed by atoms with Crippen LogP contribution in [0.2, 0.25) is 0 Å². The zero-order valence-electron chi connectivity index (χ0n) is 12.7. The Bertz CT molecular complexity index is 386. The zero-order chi connectivity index (χ0) is 15.8. The van der Waals surface area contributed by atoms with E-state index in [2.05, 4.69) is 62.5 Å². The first-order chi connectivity index (χ1) is 10.3. The van der Waals surface area contributed by atoms with Crippen LogP contribution < -0.4 is 0 Å². The predicted molar refractivity (Wildman–Crippen MR) is 91.6 cm³/mol. The topological polar surface area (TPSA) is 0 Å². The van der Waals surface area contributed by atoms with Crippen LogP contribution in [0.25, 0.3) is 0 Å². The van der Waals surface area contributed by atoms with Gasteiger partial charge in [-0.05, 0) is 12.8 Å². The molecule has 0 aromatic rings. The van der Waals surface area contributed by atoms with Crippen LogP contribution in [0.15, 0.2) is 59.8 Å². The molecule has 0 atom stereocenters. The second kappa shape index (κ2) is 16.1. The summed E-state index contributed by atoms with van der Waals surface area (Å²) in [5, 5.41) is 0. The van der Waals surface area contributed by atoms with E-state index >= 15 is 0 Å². The third kappa shape index (κ3) is 13.1. The third-order valence-corrected chi connectivity index (χ3v) is 2.54. The molecular weight excluding hydrogens is 335 g/mol. The van der Waals surface area contributed by atoms with E-state index in [0.29, 0.717) is 0 Å². The summed E-state index contributed by atoms with van der Waals surface area (Å²) in [5.74, 6) is 0. The molecule has 21 heavy (non-hydrogen) atoms. The van der Waals surface area contributed by atoms with Crippen molar-refractivity contribution in [2.24, 2.45) is 0 Å². The summed E-state index contributed by atoms with van der Waals surface area (Å²) in [6.07, 6.45) is 27.5. The van der Waals surface area contributed by atoms with Crippen molar-refractivity contribution in [2.45, 2.75) is 39.5 Å². The summed E-state index contributed by atoms with van der Waals surface area (Å²) in [4.78, 5) is 0. The van der Waals surface area contributed by atoms with Gasteiger partial charge in [-0.3, -0.25) is 12.2 Å². The molecule has 0 N–H and O–H groups in total. The molecule has 0 nitrogen and oxygen atoms in total. The van der Waals surface area contributed by atoms with Gasteiger partial charge in [0, 0.05) is 0 Å². The fourth-order valence-corrected chi connectivity index (χ4v) is 1.57. The van der Waals surface area contributed by atoms with E-state index < -0.39 is 17.0 Å². The monoisotopic (exact) mass is 356 g/mol. The first-order valence-electron chi connectivity index (χ1n) is 7.11. The molecule has 0 bridgehead atoms. The minimum absolute atomic E-state index is 0.556. The first-order valence-corrected chi connectivity index (χ1v) is 11.4. The summed E-state index contributed by atoms with van der Waals surface area (Å²) in [5.41, 5.74) is 2.61. The molecule has 0 heterocycles. The van der Waals surface area contributed by atoms with Crippen LogP contribution in [-0.2, 0) is 17.0 Å². The van der Waals surface area contributed by atoms with E-state index in [1.165, 1.54) is 11.1 Å². The molecule has 0 fully saturated rings. The SMILES string of the molecule is CCC=CC1=CC[C-]=C1.CCC=CC1=CC[C-]=C1.[Cl][Ti][Cl]. The standard InChI is InChI=1S/2C9H11.2ClH.Ti/c2*1-2-3-6-9-7-4-5-8-9;;;/h2*3,6-8H,2,4H2,1H3;2*1H;/q2*-1;;;+2/p-2. The van der Waals surface area contributed by atoms with E-state index in [1.54, 1.807) is 0 Å². The molecule has 0 spiro atoms. The molecular formula is C18H22Cl2Ti-2. The molecule has 3 heteroatoms. The van der Waals surface area contributed by atoms with E-state index in [1.807, 2.05) is 12.2 Å². The number of allylic oxidation sites excluding steroid dienone is 12. The molecule has 0 aliphatic heterocycles. The van der Waals surface area contributed by atoms with Crippen LogP contribution in [0.3, 0.4) is 0 Å². The Morgan fingerprint density at radius 1 is 0.952 bits per heavy atom. The number of halogens is 2. The number of hydrogen-bond donors (Lipinski definition) is 0. The van der Waals surface area contributed by atoms with Crippen LogP contribution in [0, 0.1) is 12.2 Å². The van der Waals surface area contributed by atoms with Crippen molar-refractivity contribution in [3.8, 4) is 0 Å². The van der Waals surface area contributed by atoms with Gasteiger partial charge in [0.1, 0.15) is 0 Å². The van der Waals surface area contributed by atoms with Gasteiger partial charge in [-0.25, -0.2) is 12.2 Å². The van der Waals surface area contributed by atoms with Gasteiger partial charge in [0.2, 0.25) is 0 Å². The van der Waals surface area contributed by atoms with Gasteiger partial charge < -0.3 is 0 Å². The predicted octanol–water partition coefficient (Wildman–Crippen LogP) is 6.66. The molecule has 0 saturated heterocycles. The maximum atomic E-state index is 4.89. The van der Waals surface area contributed by atoms with Crippen molar-refractivity contribution >= 4 is 18.6 Å². The first kappa shape index (κ1) is 20.7. The van der Waals surface area contributed by atoms with E-state index in [4.69, 9.17) is 18.6 Å². The Balaban J connectivity index is 0.000000322. The van der Waals surface area contributed by atoms with Crippen LogP contribution in [0.5, 0.6) is 0 Å². The summed E-state index contributed by atoms with van der Waals surface area (Å²) in [7, 11) is 9.78. The molecule has 0 radical (unpaired) electrons. The van der Waals surface area contributed by atoms with Crippen LogP contribution in [0.4, 0.5) is 0 Å². The van der Waals surface area contributed by atoms with Gasteiger partial charge in [-0.15, -0.1) is 37.1 Å². The Morgan fingerprint density at radius 2 is 1.33 bits per heavy atom. The second-order valence-corrected chi connectivity index (χ2v) is 6.79. The Hall–Kier alpha value is -0.266. The van der Waals surface area contributed by atoms with Crippen molar-refractivity contribution in [1.82, 2.24) is 0 Å². The Kier molecular flexibility index (Phi) is 15.9. The van der Waals surface area contributed by atoms with Crippen LogP contribution in [-0.4, -0.2) is 0 Å². The normalized spacial score (nSPS) is 15.4. The summed E-state index contributed by atoms with van der Waals surface area (Å²) < 4.78 is 0. The molecule has 2 rings (SSSR count). The van der Waals surface area contributed by atoms with Crippen LogP contribution >= 0.6 is 18.6 Å². The summed E-state index contributed by atoms with van der Waals surface area (Å²) in [6.45, 7) is 4.28. The van der Waals surface area contributed by atoms with Gasteiger partial charge in [-0.2, -0.15) is 23.3 Å². The van der Waals surface area contributed by atoms with Gasteiger partial charge >= 0.3 is 35.6 Å². The van der Waals surface area contributed by atoms with E-state index in [-0.39, 0.29) is 0 Å². The Labute approximate surface area is 146 Å². The molecule has 0 aromatic heterocycles. The average Bonchev–Trinajstić information content (AvgIpc) is 3.18. The second-order valence-electron chi connectivity index (χ2n) is 4.21. The van der Waals surface area contributed by atoms with E-state index in [0.717, 1.165) is 25.7 Å². The molecule has 2 aliphatic rings. The van der Waals surface area contributed by atoms with Gasteiger partial charge in [0.15, 0.2) is 0 Å². The summed E-state index contributed by atoms with van der Waals surface area (Å²) >= 11 is -0.556. The fourth-order valence-electron chi connectivity index (χ4n) is 1.57. The van der Waals surface area contributed by atoms with Gasteiger partial charge in [-0.1, -0.05) is 13.8 Å². The molecule has 0 amide bonds. The molecule has 0 saturated carbocycles. The number of rotatable bonds is 4. The molecule has 0 unspecified atom stereocenters. The molecule has 114 valence electrons. The summed E-state index contributed by atoms with van der Waals surface area (Å²) in [6, 6.07) is 0. The van der Waals surface area contributed by atoms with Gasteiger partial charge in [0.25, 0.3) is 0 Å². The average molecular weight is 357 g/mol. The van der Waals surface area contributed by atoms with E-state index in [9.17, 15) is 0 Å². The van der Waals surface area contributed by atoms with Crippen molar-refractivity contribution < 1.29 is 17.0 Å². The van der Waals surface area contributed by atoms with Crippen molar-refractivity contribution in [3.05, 3.63) is 71.9 Å². The molecule has 0 aromatic carbocycles. The van der Waals surface area contributed by atoms with Crippen molar-refractivity contribution in [3.63, 3.8) is 0 Å². The van der Waals surface area contributed by atoms with Gasteiger partial charge in [0.05, 0.1) is 0 Å². The van der Waals surface area contributed by atoms with Crippen molar-refractivity contribution in [1.29, 1.82) is 0 Å². The van der Waals surface area contributed by atoms with Crippen molar-refractivity contribution in [2.75, 3.05) is 0 Å². The molecule has 2 aliphatic carbocycles.